The van der Waals surface area contributed by atoms with E-state index in [4.69, 9.17) is 23.7 Å². The summed E-state index contributed by atoms with van der Waals surface area (Å²) >= 11 is 0. The molecular weight excluding hydrogens is 568 g/mol. The maximum Gasteiger partial charge on any atom is 0.338 e. The number of benzene rings is 3. The molecule has 2 N–H and O–H groups in total. The van der Waals surface area contributed by atoms with Gasteiger partial charge in [-0.3, -0.25) is 0 Å². The third-order valence-electron chi connectivity index (χ3n) is 6.82. The van der Waals surface area contributed by atoms with Gasteiger partial charge in [-0.1, -0.05) is 49.0 Å². The van der Waals surface area contributed by atoms with Crippen molar-refractivity contribution in [1.82, 2.24) is 0 Å². The van der Waals surface area contributed by atoms with E-state index in [2.05, 4.69) is 12.6 Å². The molecule has 10 heteroatoms. The lowest BCUT2D eigenvalue weighted by atomic mass is 10.00. The molecule has 0 spiro atoms. The molecule has 44 heavy (non-hydrogen) atoms. The SMILES string of the molecule is C=CC(=O)OCCOC(=O)c1cccc(C(=O)OCC(O)COc2ccc(Cc3ccccc3COCC3CC3O)cc2)c1. The normalized spacial score (nSPS) is 16.0. The van der Waals surface area contributed by atoms with E-state index in [1.54, 1.807) is 0 Å². The van der Waals surface area contributed by atoms with Crippen LogP contribution in [0.5, 0.6) is 5.75 Å². The van der Waals surface area contributed by atoms with Gasteiger partial charge in [0.2, 0.25) is 0 Å². The van der Waals surface area contributed by atoms with E-state index in [0.717, 1.165) is 29.2 Å². The Morgan fingerprint density at radius 1 is 0.864 bits per heavy atom. The van der Waals surface area contributed by atoms with Gasteiger partial charge in [0, 0.05) is 12.0 Å². The Morgan fingerprint density at radius 2 is 1.52 bits per heavy atom. The molecule has 3 unspecified atom stereocenters. The Balaban J connectivity index is 1.18. The van der Waals surface area contributed by atoms with Gasteiger partial charge >= 0.3 is 17.9 Å². The molecule has 1 aliphatic carbocycles. The monoisotopic (exact) mass is 604 g/mol. The fraction of sp³-hybridized carbons (Fsp3) is 0.324. The fourth-order valence-electron chi connectivity index (χ4n) is 4.21. The van der Waals surface area contributed by atoms with Gasteiger partial charge < -0.3 is 33.9 Å². The van der Waals surface area contributed by atoms with E-state index in [1.807, 2.05) is 42.5 Å². The van der Waals surface area contributed by atoms with E-state index >= 15 is 0 Å². The summed E-state index contributed by atoms with van der Waals surface area (Å²) in [4.78, 5) is 35.7. The highest BCUT2D eigenvalue weighted by atomic mass is 16.6. The summed E-state index contributed by atoms with van der Waals surface area (Å²) in [6.45, 7) is 3.66. The lowest BCUT2D eigenvalue weighted by Gasteiger charge is -2.14. The average molecular weight is 605 g/mol. The molecule has 10 nitrogen and oxygen atoms in total. The zero-order chi connectivity index (χ0) is 31.3. The van der Waals surface area contributed by atoms with Crippen molar-refractivity contribution >= 4 is 17.9 Å². The number of aliphatic hydroxyl groups is 2. The third-order valence-corrected chi connectivity index (χ3v) is 6.82. The zero-order valence-corrected chi connectivity index (χ0v) is 24.3. The molecule has 1 fully saturated rings. The second-order valence-electron chi connectivity index (χ2n) is 10.3. The number of rotatable bonds is 17. The molecule has 3 aromatic carbocycles. The van der Waals surface area contributed by atoms with Crippen LogP contribution >= 0.6 is 0 Å². The average Bonchev–Trinajstić information content (AvgIpc) is 3.76. The summed E-state index contributed by atoms with van der Waals surface area (Å²) < 4.78 is 26.4. The molecule has 1 saturated carbocycles. The molecule has 0 amide bonds. The van der Waals surface area contributed by atoms with Crippen molar-refractivity contribution in [3.8, 4) is 5.75 Å². The second kappa shape index (κ2) is 16.4. The minimum atomic E-state index is -1.08. The van der Waals surface area contributed by atoms with Crippen LogP contribution in [0.3, 0.4) is 0 Å². The lowest BCUT2D eigenvalue weighted by Crippen LogP contribution is -2.25. The van der Waals surface area contributed by atoms with Gasteiger partial charge in [-0.15, -0.1) is 0 Å². The maximum absolute atomic E-state index is 12.5. The Bertz CT molecular complexity index is 1420. The third kappa shape index (κ3) is 10.3. The smallest absolute Gasteiger partial charge is 0.338 e. The van der Waals surface area contributed by atoms with E-state index in [0.29, 0.717) is 25.4 Å². The number of hydrogen-bond donors (Lipinski definition) is 2. The summed E-state index contributed by atoms with van der Waals surface area (Å²) in [5.41, 5.74) is 3.57. The predicted molar refractivity (Wildman–Crippen MR) is 159 cm³/mol. The molecule has 0 aromatic heterocycles. The largest absolute Gasteiger partial charge is 0.491 e. The van der Waals surface area contributed by atoms with Crippen LogP contribution in [0.25, 0.3) is 0 Å². The molecule has 4 rings (SSSR count). The Morgan fingerprint density at radius 3 is 2.20 bits per heavy atom. The van der Waals surface area contributed by atoms with Crippen molar-refractivity contribution in [2.45, 2.75) is 31.7 Å². The van der Waals surface area contributed by atoms with Gasteiger partial charge in [0.25, 0.3) is 0 Å². The molecule has 0 saturated heterocycles. The fourth-order valence-corrected chi connectivity index (χ4v) is 4.21. The maximum atomic E-state index is 12.5. The minimum absolute atomic E-state index is 0.0920. The topological polar surface area (TPSA) is 138 Å². The molecule has 3 atom stereocenters. The van der Waals surface area contributed by atoms with Crippen molar-refractivity contribution in [2.75, 3.05) is 33.0 Å². The van der Waals surface area contributed by atoms with Gasteiger partial charge in [-0.2, -0.15) is 0 Å². The number of ether oxygens (including phenoxy) is 5. The first-order valence-corrected chi connectivity index (χ1v) is 14.3. The van der Waals surface area contributed by atoms with Crippen LogP contribution in [0.4, 0.5) is 0 Å². The summed E-state index contributed by atoms with van der Waals surface area (Å²) in [5.74, 6) is -1.23. The second-order valence-corrected chi connectivity index (χ2v) is 10.3. The summed E-state index contributed by atoms with van der Waals surface area (Å²) in [5, 5.41) is 19.8. The number of aliphatic hydroxyl groups excluding tert-OH is 2. The predicted octanol–water partition coefficient (Wildman–Crippen LogP) is 3.66. The zero-order valence-electron chi connectivity index (χ0n) is 24.3. The van der Waals surface area contributed by atoms with Crippen LogP contribution in [0, 0.1) is 5.92 Å². The summed E-state index contributed by atoms with van der Waals surface area (Å²) in [6, 6.07) is 21.4. The Labute approximate surface area is 255 Å². The first-order valence-electron chi connectivity index (χ1n) is 14.3. The number of carbonyl (C=O) groups is 3. The highest BCUT2D eigenvalue weighted by molar-refractivity contribution is 5.95. The van der Waals surface area contributed by atoms with Crippen molar-refractivity contribution in [2.24, 2.45) is 5.92 Å². The highest BCUT2D eigenvalue weighted by Crippen LogP contribution is 2.30. The highest BCUT2D eigenvalue weighted by Gasteiger charge is 2.35. The molecule has 1 aliphatic rings. The van der Waals surface area contributed by atoms with Crippen LogP contribution in [-0.2, 0) is 36.8 Å². The molecule has 0 aliphatic heterocycles. The quantitative estimate of drug-likeness (QED) is 0.102. The summed E-state index contributed by atoms with van der Waals surface area (Å²) in [7, 11) is 0. The number of hydrogen-bond acceptors (Lipinski definition) is 10. The van der Waals surface area contributed by atoms with Crippen LogP contribution in [0.1, 0.15) is 43.8 Å². The Kier molecular flexibility index (Phi) is 12.1. The van der Waals surface area contributed by atoms with Crippen LogP contribution in [-0.4, -0.2) is 73.4 Å². The first kappa shape index (κ1) is 32.4. The number of carbonyl (C=O) groups excluding carboxylic acids is 3. The van der Waals surface area contributed by atoms with Gasteiger partial charge in [-0.25, -0.2) is 14.4 Å². The van der Waals surface area contributed by atoms with Crippen molar-refractivity contribution in [1.29, 1.82) is 0 Å². The van der Waals surface area contributed by atoms with E-state index in [-0.39, 0.29) is 49.6 Å². The molecule has 0 bridgehead atoms. The minimum Gasteiger partial charge on any atom is -0.491 e. The lowest BCUT2D eigenvalue weighted by molar-refractivity contribution is -0.138. The Hall–Kier alpha value is -4.51. The number of esters is 3. The summed E-state index contributed by atoms with van der Waals surface area (Å²) in [6.07, 6.45) is 1.23. The molecule has 232 valence electrons. The van der Waals surface area contributed by atoms with Crippen LogP contribution < -0.4 is 4.74 Å². The molecular formula is C34H36O10. The molecule has 0 radical (unpaired) electrons. The van der Waals surface area contributed by atoms with E-state index < -0.39 is 24.0 Å². The van der Waals surface area contributed by atoms with Gasteiger partial charge in [0.1, 0.15) is 38.3 Å². The van der Waals surface area contributed by atoms with Gasteiger partial charge in [-0.05, 0) is 59.9 Å². The van der Waals surface area contributed by atoms with E-state index in [9.17, 15) is 24.6 Å². The van der Waals surface area contributed by atoms with Gasteiger partial charge in [0.15, 0.2) is 0 Å². The molecule has 0 heterocycles. The van der Waals surface area contributed by atoms with Crippen LogP contribution in [0.2, 0.25) is 0 Å². The van der Waals surface area contributed by atoms with Gasteiger partial charge in [0.05, 0.1) is 30.4 Å². The molecule has 3 aromatic rings. The van der Waals surface area contributed by atoms with Crippen molar-refractivity contribution in [3.63, 3.8) is 0 Å². The standard InChI is InChI=1S/C34H36O10/c1-2-32(37)41-14-15-42-33(38)25-8-5-9-26(17-25)34(39)44-22-29(35)21-43-30-12-10-23(11-13-30)16-24-6-3-4-7-27(24)19-40-20-28-18-31(28)36/h2-13,17,28-29,31,35-36H,1,14-16,18-22H2. The first-order chi connectivity index (χ1) is 21.3. The van der Waals surface area contributed by atoms with Crippen molar-refractivity contribution in [3.05, 3.63) is 113 Å². The van der Waals surface area contributed by atoms with E-state index in [1.165, 1.54) is 24.3 Å². The van der Waals surface area contributed by atoms with Crippen LogP contribution in [0.15, 0.2) is 85.5 Å². The van der Waals surface area contributed by atoms with Crippen molar-refractivity contribution < 1.29 is 48.3 Å².